The van der Waals surface area contributed by atoms with Crippen molar-refractivity contribution < 1.29 is 9.50 Å². The van der Waals surface area contributed by atoms with Crippen LogP contribution in [0.15, 0.2) is 30.6 Å². The number of phenolic OH excluding ortho intramolecular Hbond substituents is 1. The predicted octanol–water partition coefficient (Wildman–Crippen LogP) is 3.03. The Balaban J connectivity index is 2.22. The smallest absolute Gasteiger partial charge is 0.165 e. The number of nitrogens with zero attached hydrogens (tertiary/aromatic N) is 2. The Labute approximate surface area is 108 Å². The van der Waals surface area contributed by atoms with Gasteiger partial charge in [-0.05, 0) is 35.7 Å². The number of phenols is 1. The zero-order chi connectivity index (χ0) is 13.4. The van der Waals surface area contributed by atoms with Gasteiger partial charge in [-0.3, -0.25) is 10.1 Å². The second kappa shape index (κ2) is 4.35. The number of aromatic nitrogens is 3. The van der Waals surface area contributed by atoms with Crippen molar-refractivity contribution >= 4 is 11.0 Å². The molecule has 0 saturated heterocycles. The van der Waals surface area contributed by atoms with Crippen LogP contribution in [0.3, 0.4) is 0 Å². The average Bonchev–Trinajstić information content (AvgIpc) is 2.88. The van der Waals surface area contributed by atoms with E-state index in [-0.39, 0.29) is 5.75 Å². The number of nitrogens with one attached hydrogen (secondary N) is 1. The first kappa shape index (κ1) is 11.6. The molecule has 2 heterocycles. The van der Waals surface area contributed by atoms with Crippen LogP contribution in [0.1, 0.15) is 12.5 Å². The van der Waals surface area contributed by atoms with E-state index in [0.29, 0.717) is 6.42 Å². The zero-order valence-electron chi connectivity index (χ0n) is 10.3. The summed E-state index contributed by atoms with van der Waals surface area (Å²) >= 11 is 0. The number of hydrogen-bond donors (Lipinski definition) is 2. The molecule has 0 aliphatic carbocycles. The summed E-state index contributed by atoms with van der Waals surface area (Å²) in [6.45, 7) is 1.96. The largest absolute Gasteiger partial charge is 0.505 e. The number of pyridine rings is 1. The zero-order valence-corrected chi connectivity index (χ0v) is 10.3. The van der Waals surface area contributed by atoms with Gasteiger partial charge in [0, 0.05) is 11.8 Å². The highest BCUT2D eigenvalue weighted by atomic mass is 19.1. The Morgan fingerprint density at radius 1 is 1.26 bits per heavy atom. The second-order valence-corrected chi connectivity index (χ2v) is 4.34. The molecule has 0 saturated carbocycles. The first-order valence-electron chi connectivity index (χ1n) is 6.00. The van der Waals surface area contributed by atoms with Crippen molar-refractivity contribution in [1.29, 1.82) is 0 Å². The molecule has 2 N–H and O–H groups in total. The summed E-state index contributed by atoms with van der Waals surface area (Å²) in [5, 5.41) is 16.2. The summed E-state index contributed by atoms with van der Waals surface area (Å²) in [5.74, 6) is -0.951. The summed E-state index contributed by atoms with van der Waals surface area (Å²) in [6, 6.07) is 4.68. The molecule has 0 fully saturated rings. The third kappa shape index (κ3) is 1.93. The number of hydrogen-bond acceptors (Lipinski definition) is 3. The molecule has 3 aromatic rings. The fourth-order valence-corrected chi connectivity index (χ4v) is 2.14. The molecule has 1 aromatic carbocycles. The normalized spacial score (nSPS) is 11.1. The number of aromatic hydroxyl groups is 1. The number of rotatable bonds is 2. The highest BCUT2D eigenvalue weighted by Gasteiger charge is 2.11. The lowest BCUT2D eigenvalue weighted by Crippen LogP contribution is -1.91. The quantitative estimate of drug-likeness (QED) is 0.741. The maximum Gasteiger partial charge on any atom is 0.165 e. The summed E-state index contributed by atoms with van der Waals surface area (Å²) in [6.07, 6.45) is 4.02. The minimum atomic E-state index is -0.628. The van der Waals surface area contributed by atoms with E-state index >= 15 is 0 Å². The van der Waals surface area contributed by atoms with E-state index < -0.39 is 5.82 Å². The maximum absolute atomic E-state index is 13.5. The van der Waals surface area contributed by atoms with E-state index in [1.165, 1.54) is 12.1 Å². The van der Waals surface area contributed by atoms with E-state index in [1.807, 2.05) is 13.0 Å². The van der Waals surface area contributed by atoms with Crippen LogP contribution in [0.2, 0.25) is 0 Å². The predicted molar refractivity (Wildman–Crippen MR) is 70.3 cm³/mol. The van der Waals surface area contributed by atoms with Gasteiger partial charge in [-0.15, -0.1) is 0 Å². The van der Waals surface area contributed by atoms with Crippen molar-refractivity contribution in [2.45, 2.75) is 13.3 Å². The third-order valence-electron chi connectivity index (χ3n) is 3.15. The molecule has 0 bridgehead atoms. The lowest BCUT2D eigenvalue weighted by atomic mass is 9.98. The van der Waals surface area contributed by atoms with Crippen LogP contribution < -0.4 is 0 Å². The first-order valence-corrected chi connectivity index (χ1v) is 6.00. The minimum Gasteiger partial charge on any atom is -0.505 e. The van der Waals surface area contributed by atoms with Crippen LogP contribution in [0.4, 0.5) is 4.39 Å². The SMILES string of the molecule is CCc1cc(O)c(F)cc1-c1cnc2cn[nH]c2c1. The molecule has 2 aromatic heterocycles. The van der Waals surface area contributed by atoms with Gasteiger partial charge >= 0.3 is 0 Å². The van der Waals surface area contributed by atoms with Crippen molar-refractivity contribution in [3.05, 3.63) is 42.0 Å². The van der Waals surface area contributed by atoms with Gasteiger partial charge < -0.3 is 5.11 Å². The molecule has 0 aliphatic heterocycles. The van der Waals surface area contributed by atoms with E-state index in [1.54, 1.807) is 12.4 Å². The van der Waals surface area contributed by atoms with Crippen LogP contribution >= 0.6 is 0 Å². The Bertz CT molecular complexity index is 752. The van der Waals surface area contributed by atoms with Gasteiger partial charge in [0.2, 0.25) is 0 Å². The van der Waals surface area contributed by atoms with Crippen LogP contribution in [0, 0.1) is 5.82 Å². The molecule has 96 valence electrons. The lowest BCUT2D eigenvalue weighted by molar-refractivity contribution is 0.432. The fourth-order valence-electron chi connectivity index (χ4n) is 2.14. The molecule has 0 atom stereocenters. The highest BCUT2D eigenvalue weighted by molar-refractivity contribution is 5.80. The molecule has 0 amide bonds. The minimum absolute atomic E-state index is 0.323. The average molecular weight is 257 g/mol. The molecular weight excluding hydrogens is 245 g/mol. The molecule has 0 spiro atoms. The van der Waals surface area contributed by atoms with E-state index in [2.05, 4.69) is 15.2 Å². The molecule has 3 rings (SSSR count). The van der Waals surface area contributed by atoms with Crippen LogP contribution in [0.5, 0.6) is 5.75 Å². The summed E-state index contributed by atoms with van der Waals surface area (Å²) in [5.41, 5.74) is 3.97. The standard InChI is InChI=1S/C14H12FN3O/c1-2-8-4-14(19)11(15)5-10(8)9-3-12-13(16-6-9)7-17-18-12/h3-7,19H,2H2,1H3,(H,17,18). The van der Waals surface area contributed by atoms with Crippen LogP contribution in [-0.4, -0.2) is 20.3 Å². The number of halogens is 1. The van der Waals surface area contributed by atoms with Crippen LogP contribution in [-0.2, 0) is 6.42 Å². The molecule has 5 heteroatoms. The molecule has 0 aliphatic rings. The van der Waals surface area contributed by atoms with Crippen molar-refractivity contribution in [3.63, 3.8) is 0 Å². The Morgan fingerprint density at radius 2 is 2.11 bits per heavy atom. The second-order valence-electron chi connectivity index (χ2n) is 4.34. The highest BCUT2D eigenvalue weighted by Crippen LogP contribution is 2.30. The number of benzene rings is 1. The summed E-state index contributed by atoms with van der Waals surface area (Å²) in [4.78, 5) is 4.27. The number of H-pyrrole nitrogens is 1. The topological polar surface area (TPSA) is 61.8 Å². The fraction of sp³-hybridized carbons (Fsp3) is 0.143. The number of aromatic amines is 1. The maximum atomic E-state index is 13.5. The number of aryl methyl sites for hydroxylation is 1. The van der Waals surface area contributed by atoms with Gasteiger partial charge in [-0.2, -0.15) is 5.10 Å². The lowest BCUT2D eigenvalue weighted by Gasteiger charge is -2.09. The molecular formula is C14H12FN3O. The van der Waals surface area contributed by atoms with Gasteiger partial charge in [0.05, 0.1) is 11.7 Å². The molecule has 4 nitrogen and oxygen atoms in total. The van der Waals surface area contributed by atoms with E-state index in [9.17, 15) is 9.50 Å². The molecule has 0 unspecified atom stereocenters. The number of fused-ring (bicyclic) bond motifs is 1. The van der Waals surface area contributed by atoms with Crippen molar-refractivity contribution in [2.75, 3.05) is 0 Å². The van der Waals surface area contributed by atoms with Crippen molar-refractivity contribution in [3.8, 4) is 16.9 Å². The van der Waals surface area contributed by atoms with Crippen molar-refractivity contribution in [1.82, 2.24) is 15.2 Å². The van der Waals surface area contributed by atoms with Gasteiger partial charge in [0.15, 0.2) is 11.6 Å². The van der Waals surface area contributed by atoms with Crippen molar-refractivity contribution in [2.24, 2.45) is 0 Å². The third-order valence-corrected chi connectivity index (χ3v) is 3.15. The van der Waals surface area contributed by atoms with Gasteiger partial charge in [-0.25, -0.2) is 4.39 Å². The summed E-state index contributed by atoms with van der Waals surface area (Å²) < 4.78 is 13.5. The van der Waals surface area contributed by atoms with Gasteiger partial charge in [0.1, 0.15) is 5.52 Å². The monoisotopic (exact) mass is 257 g/mol. The molecule has 19 heavy (non-hydrogen) atoms. The molecule has 0 radical (unpaired) electrons. The van der Waals surface area contributed by atoms with Gasteiger partial charge in [0.25, 0.3) is 0 Å². The Hall–Kier alpha value is -2.43. The van der Waals surface area contributed by atoms with Crippen LogP contribution in [0.25, 0.3) is 22.2 Å². The van der Waals surface area contributed by atoms with Gasteiger partial charge in [-0.1, -0.05) is 6.92 Å². The summed E-state index contributed by atoms with van der Waals surface area (Å²) in [7, 11) is 0. The Kier molecular flexibility index (Phi) is 2.67. The van der Waals surface area contributed by atoms with E-state index in [0.717, 1.165) is 27.7 Å². The first-order chi connectivity index (χ1) is 9.19. The Morgan fingerprint density at radius 3 is 2.89 bits per heavy atom. The van der Waals surface area contributed by atoms with E-state index in [4.69, 9.17) is 0 Å².